The van der Waals surface area contributed by atoms with Crippen molar-refractivity contribution in [3.05, 3.63) is 29.6 Å². The highest BCUT2D eigenvalue weighted by molar-refractivity contribution is 7.15. The summed E-state index contributed by atoms with van der Waals surface area (Å²) in [7, 11) is 2.65. The molecule has 0 aromatic carbocycles. The average molecular weight is 139 g/mol. The molecule has 48 valence electrons. The van der Waals surface area contributed by atoms with E-state index in [9.17, 15) is 0 Å². The Bertz CT molecular complexity index is 181. The van der Waals surface area contributed by atoms with Crippen LogP contribution in [-0.4, -0.2) is 4.98 Å². The maximum Gasteiger partial charge on any atom is 0.0441 e. The van der Waals surface area contributed by atoms with E-state index in [4.69, 9.17) is 0 Å². The Morgan fingerprint density at radius 2 is 2.33 bits per heavy atom. The first-order valence-corrected chi connectivity index (χ1v) is 3.76. The van der Waals surface area contributed by atoms with Crippen molar-refractivity contribution in [3.8, 4) is 0 Å². The van der Waals surface area contributed by atoms with Crippen LogP contribution in [0.1, 0.15) is 11.3 Å². The second-order valence-electron chi connectivity index (χ2n) is 2.03. The Balaban J connectivity index is 2.88. The molecule has 1 atom stereocenters. The number of aryl methyl sites for hydroxylation is 1. The Hall–Kier alpha value is -0.420. The van der Waals surface area contributed by atoms with Gasteiger partial charge in [0.2, 0.25) is 0 Å². The first kappa shape index (κ1) is 6.70. The number of nitrogens with zero attached hydrogens (tertiary/aromatic N) is 1. The van der Waals surface area contributed by atoms with E-state index in [0.29, 0.717) is 0 Å². The molecule has 0 bridgehead atoms. The molecule has 1 aromatic rings. The topological polar surface area (TPSA) is 12.9 Å². The molecule has 9 heavy (non-hydrogen) atoms. The lowest BCUT2D eigenvalue weighted by Gasteiger charge is -1.93. The highest BCUT2D eigenvalue weighted by Crippen LogP contribution is 2.02. The van der Waals surface area contributed by atoms with E-state index >= 15 is 0 Å². The number of aromatic nitrogens is 1. The molecular weight excluding hydrogens is 129 g/mol. The van der Waals surface area contributed by atoms with Gasteiger partial charge in [-0.3, -0.25) is 4.98 Å². The smallest absolute Gasteiger partial charge is 0.0441 e. The fourth-order valence-electron chi connectivity index (χ4n) is 0.619. The van der Waals surface area contributed by atoms with Crippen LogP contribution in [0.2, 0.25) is 0 Å². The predicted molar refractivity (Wildman–Crippen MR) is 42.4 cm³/mol. The summed E-state index contributed by atoms with van der Waals surface area (Å²) in [4.78, 5) is 4.18. The van der Waals surface area contributed by atoms with Crippen LogP contribution in [0.25, 0.3) is 0 Å². The molecule has 0 spiro atoms. The van der Waals surface area contributed by atoms with Gasteiger partial charge in [-0.1, -0.05) is 6.07 Å². The standard InChI is InChI=1S/C7H10NP/c1-6-2-3-7(5-9)8-4-6/h2-4H,5,9H2,1H3. The minimum atomic E-state index is 0.945. The van der Waals surface area contributed by atoms with Crippen LogP contribution in [0.15, 0.2) is 18.3 Å². The highest BCUT2D eigenvalue weighted by atomic mass is 31.0. The molecule has 0 N–H and O–H groups in total. The monoisotopic (exact) mass is 139 g/mol. The Kier molecular flexibility index (Phi) is 2.18. The zero-order valence-electron chi connectivity index (χ0n) is 5.46. The van der Waals surface area contributed by atoms with Gasteiger partial charge in [0, 0.05) is 18.1 Å². The minimum Gasteiger partial charge on any atom is -0.261 e. The zero-order chi connectivity index (χ0) is 6.69. The second-order valence-corrected chi connectivity index (χ2v) is 2.44. The van der Waals surface area contributed by atoms with E-state index < -0.39 is 0 Å². The SMILES string of the molecule is Cc1ccc(CP)nc1. The minimum absolute atomic E-state index is 0.945. The summed E-state index contributed by atoms with van der Waals surface area (Å²) in [6, 6.07) is 4.12. The maximum absolute atomic E-state index is 4.18. The van der Waals surface area contributed by atoms with Crippen molar-refractivity contribution in [1.82, 2.24) is 4.98 Å². The lowest BCUT2D eigenvalue weighted by Crippen LogP contribution is -1.82. The molecule has 0 radical (unpaired) electrons. The molecule has 1 nitrogen and oxygen atoms in total. The number of hydrogen-bond acceptors (Lipinski definition) is 1. The second kappa shape index (κ2) is 2.93. The summed E-state index contributed by atoms with van der Waals surface area (Å²) < 4.78 is 0. The highest BCUT2D eigenvalue weighted by Gasteiger charge is 1.86. The quantitative estimate of drug-likeness (QED) is 0.540. The van der Waals surface area contributed by atoms with Crippen molar-refractivity contribution >= 4 is 9.24 Å². The summed E-state index contributed by atoms with van der Waals surface area (Å²) >= 11 is 0. The lowest BCUT2D eigenvalue weighted by atomic mass is 10.3. The fourth-order valence-corrected chi connectivity index (χ4v) is 0.861. The molecule has 1 heterocycles. The normalized spacial score (nSPS) is 9.56. The van der Waals surface area contributed by atoms with Crippen LogP contribution in [-0.2, 0) is 6.16 Å². The first-order valence-electron chi connectivity index (χ1n) is 2.94. The van der Waals surface area contributed by atoms with Gasteiger partial charge in [0.05, 0.1) is 0 Å². The van der Waals surface area contributed by atoms with E-state index in [1.54, 1.807) is 0 Å². The Morgan fingerprint density at radius 3 is 2.78 bits per heavy atom. The Labute approximate surface area is 57.7 Å². The largest absolute Gasteiger partial charge is 0.261 e. The van der Waals surface area contributed by atoms with Crippen LogP contribution < -0.4 is 0 Å². The third-order valence-electron chi connectivity index (χ3n) is 1.18. The van der Waals surface area contributed by atoms with E-state index in [-0.39, 0.29) is 0 Å². The molecule has 1 rings (SSSR count). The van der Waals surface area contributed by atoms with Crippen LogP contribution >= 0.6 is 9.24 Å². The van der Waals surface area contributed by atoms with Gasteiger partial charge in [-0.25, -0.2) is 0 Å². The first-order chi connectivity index (χ1) is 4.33. The zero-order valence-corrected chi connectivity index (χ0v) is 6.62. The molecule has 0 aliphatic rings. The lowest BCUT2D eigenvalue weighted by molar-refractivity contribution is 1.15. The van der Waals surface area contributed by atoms with Gasteiger partial charge in [0.25, 0.3) is 0 Å². The van der Waals surface area contributed by atoms with Gasteiger partial charge in [-0.15, -0.1) is 9.24 Å². The molecule has 0 saturated heterocycles. The van der Waals surface area contributed by atoms with Crippen molar-refractivity contribution in [2.75, 3.05) is 0 Å². The molecule has 0 aliphatic heterocycles. The third-order valence-corrected chi connectivity index (χ3v) is 1.60. The van der Waals surface area contributed by atoms with Gasteiger partial charge >= 0.3 is 0 Å². The summed E-state index contributed by atoms with van der Waals surface area (Å²) in [6.45, 7) is 2.04. The van der Waals surface area contributed by atoms with Crippen molar-refractivity contribution in [1.29, 1.82) is 0 Å². The molecular formula is C7H10NP. The van der Waals surface area contributed by atoms with E-state index in [2.05, 4.69) is 20.3 Å². The molecule has 0 saturated carbocycles. The molecule has 1 unspecified atom stereocenters. The summed E-state index contributed by atoms with van der Waals surface area (Å²) in [5.74, 6) is 0. The maximum atomic E-state index is 4.18. The fraction of sp³-hybridized carbons (Fsp3) is 0.286. The number of hydrogen-bond donors (Lipinski definition) is 0. The molecule has 0 amide bonds. The van der Waals surface area contributed by atoms with Gasteiger partial charge in [-0.2, -0.15) is 0 Å². The number of pyridine rings is 1. The summed E-state index contributed by atoms with van der Waals surface area (Å²) in [5, 5.41) is 0. The number of rotatable bonds is 1. The third kappa shape index (κ3) is 1.76. The molecule has 0 fully saturated rings. The van der Waals surface area contributed by atoms with Crippen molar-refractivity contribution in [2.24, 2.45) is 0 Å². The molecule has 0 aliphatic carbocycles. The summed E-state index contributed by atoms with van der Waals surface area (Å²) in [5.41, 5.74) is 2.35. The summed E-state index contributed by atoms with van der Waals surface area (Å²) in [6.07, 6.45) is 2.83. The average Bonchev–Trinajstić information content (AvgIpc) is 1.90. The molecule has 2 heteroatoms. The van der Waals surface area contributed by atoms with Gasteiger partial charge in [0.1, 0.15) is 0 Å². The van der Waals surface area contributed by atoms with Crippen LogP contribution in [0.3, 0.4) is 0 Å². The Morgan fingerprint density at radius 1 is 1.56 bits per heavy atom. The predicted octanol–water partition coefficient (Wildman–Crippen LogP) is 1.77. The van der Waals surface area contributed by atoms with Crippen molar-refractivity contribution in [3.63, 3.8) is 0 Å². The van der Waals surface area contributed by atoms with E-state index in [0.717, 1.165) is 11.9 Å². The van der Waals surface area contributed by atoms with E-state index in [1.165, 1.54) is 5.56 Å². The van der Waals surface area contributed by atoms with Gasteiger partial charge < -0.3 is 0 Å². The van der Waals surface area contributed by atoms with Crippen LogP contribution in [0.5, 0.6) is 0 Å². The van der Waals surface area contributed by atoms with Crippen molar-refractivity contribution < 1.29 is 0 Å². The van der Waals surface area contributed by atoms with E-state index in [1.807, 2.05) is 19.2 Å². The van der Waals surface area contributed by atoms with Crippen LogP contribution in [0, 0.1) is 6.92 Å². The van der Waals surface area contributed by atoms with Gasteiger partial charge in [0.15, 0.2) is 0 Å². The van der Waals surface area contributed by atoms with Crippen molar-refractivity contribution in [2.45, 2.75) is 13.1 Å². The van der Waals surface area contributed by atoms with Crippen LogP contribution in [0.4, 0.5) is 0 Å². The molecule has 1 aromatic heterocycles. The van der Waals surface area contributed by atoms with Gasteiger partial charge in [-0.05, 0) is 18.6 Å².